The summed E-state index contributed by atoms with van der Waals surface area (Å²) in [5.74, 6) is 0.846. The van der Waals surface area contributed by atoms with E-state index in [1.807, 2.05) is 18.7 Å². The van der Waals surface area contributed by atoms with Gasteiger partial charge >= 0.3 is 0 Å². The number of rotatable bonds is 4. The molecule has 0 atom stereocenters. The first kappa shape index (κ1) is 16.8. The number of piperidine rings is 1. The van der Waals surface area contributed by atoms with Crippen molar-refractivity contribution in [2.45, 2.75) is 39.7 Å². The van der Waals surface area contributed by atoms with Crippen LogP contribution in [0.3, 0.4) is 0 Å². The topological polar surface area (TPSA) is 58.4 Å². The van der Waals surface area contributed by atoms with E-state index in [1.165, 1.54) is 6.42 Å². The van der Waals surface area contributed by atoms with Crippen LogP contribution in [0.4, 0.5) is 5.69 Å². The van der Waals surface area contributed by atoms with Crippen molar-refractivity contribution in [2.24, 2.45) is 0 Å². The molecule has 2 heterocycles. The highest BCUT2D eigenvalue weighted by atomic mass is 35.5. The van der Waals surface area contributed by atoms with Gasteiger partial charge in [-0.15, -0.1) is 0 Å². The van der Waals surface area contributed by atoms with Gasteiger partial charge in [0.2, 0.25) is 0 Å². The summed E-state index contributed by atoms with van der Waals surface area (Å²) in [6, 6.07) is 5.37. The third-order valence-electron chi connectivity index (χ3n) is 4.49. The molecule has 1 aliphatic rings. The van der Waals surface area contributed by atoms with Crippen LogP contribution in [0.25, 0.3) is 0 Å². The number of aryl methyl sites for hydroxylation is 2. The van der Waals surface area contributed by atoms with E-state index in [0.29, 0.717) is 17.1 Å². The van der Waals surface area contributed by atoms with Crippen molar-refractivity contribution < 1.29 is 9.32 Å². The number of halogens is 1. The maximum Gasteiger partial charge on any atom is 0.255 e. The maximum atomic E-state index is 12.8. The van der Waals surface area contributed by atoms with Gasteiger partial charge < -0.3 is 14.7 Å². The Kier molecular flexibility index (Phi) is 5.09. The van der Waals surface area contributed by atoms with E-state index in [4.69, 9.17) is 16.1 Å². The van der Waals surface area contributed by atoms with Crippen molar-refractivity contribution >= 4 is 23.2 Å². The van der Waals surface area contributed by atoms with Crippen LogP contribution < -0.4 is 5.32 Å². The van der Waals surface area contributed by atoms with Crippen LogP contribution in [0, 0.1) is 13.8 Å². The zero-order valence-electron chi connectivity index (χ0n) is 14.1. The standard InChI is InChI=1S/C18H22ClN3O2/c1-12-16(13(2)24-21-12)11-20-17-10-14(19)6-7-15(17)18(23)22-8-4-3-5-9-22/h6-7,10,20H,3-5,8-9,11H2,1-2H3. The average Bonchev–Trinajstić information content (AvgIpc) is 2.91. The van der Waals surface area contributed by atoms with E-state index < -0.39 is 0 Å². The largest absolute Gasteiger partial charge is 0.380 e. The van der Waals surface area contributed by atoms with Gasteiger partial charge in [-0.3, -0.25) is 4.79 Å². The minimum absolute atomic E-state index is 0.0626. The van der Waals surface area contributed by atoms with Crippen molar-refractivity contribution in [1.29, 1.82) is 0 Å². The second kappa shape index (κ2) is 7.26. The van der Waals surface area contributed by atoms with Gasteiger partial charge in [-0.05, 0) is 51.3 Å². The van der Waals surface area contributed by atoms with Crippen molar-refractivity contribution in [1.82, 2.24) is 10.1 Å². The molecule has 1 saturated heterocycles. The van der Waals surface area contributed by atoms with Crippen LogP contribution in [-0.2, 0) is 6.54 Å². The minimum Gasteiger partial charge on any atom is -0.380 e. The predicted octanol–water partition coefficient (Wildman–Crippen LogP) is 4.18. The number of likely N-dealkylation sites (tertiary alicyclic amines) is 1. The average molecular weight is 348 g/mol. The molecule has 6 heteroatoms. The molecule has 5 nitrogen and oxygen atoms in total. The Labute approximate surface area is 147 Å². The number of anilines is 1. The van der Waals surface area contributed by atoms with Crippen LogP contribution in [0.15, 0.2) is 22.7 Å². The normalized spacial score (nSPS) is 14.7. The van der Waals surface area contributed by atoms with Crippen molar-refractivity contribution in [3.05, 3.63) is 45.8 Å². The smallest absolute Gasteiger partial charge is 0.255 e. The summed E-state index contributed by atoms with van der Waals surface area (Å²) in [5, 5.41) is 7.89. The number of benzene rings is 1. The number of carbonyl (C=O) groups is 1. The molecular weight excluding hydrogens is 326 g/mol. The molecule has 1 fully saturated rings. The highest BCUT2D eigenvalue weighted by Crippen LogP contribution is 2.25. The highest BCUT2D eigenvalue weighted by Gasteiger charge is 2.21. The summed E-state index contributed by atoms with van der Waals surface area (Å²) >= 11 is 6.13. The molecule has 1 amide bonds. The lowest BCUT2D eigenvalue weighted by Gasteiger charge is -2.27. The minimum atomic E-state index is 0.0626. The van der Waals surface area contributed by atoms with E-state index in [1.54, 1.807) is 18.2 Å². The first-order valence-corrected chi connectivity index (χ1v) is 8.68. The van der Waals surface area contributed by atoms with E-state index in [9.17, 15) is 4.79 Å². The van der Waals surface area contributed by atoms with Crippen LogP contribution in [-0.4, -0.2) is 29.1 Å². The molecule has 0 spiro atoms. The summed E-state index contributed by atoms with van der Waals surface area (Å²) in [6.45, 7) is 5.98. The van der Waals surface area contributed by atoms with Gasteiger partial charge in [-0.25, -0.2) is 0 Å². The Morgan fingerprint density at radius 3 is 2.71 bits per heavy atom. The number of nitrogens with one attached hydrogen (secondary N) is 1. The zero-order chi connectivity index (χ0) is 17.1. The quantitative estimate of drug-likeness (QED) is 0.901. The lowest BCUT2D eigenvalue weighted by atomic mass is 10.1. The van der Waals surface area contributed by atoms with E-state index in [2.05, 4.69) is 10.5 Å². The van der Waals surface area contributed by atoms with Crippen LogP contribution in [0.1, 0.15) is 46.6 Å². The molecule has 0 unspecified atom stereocenters. The highest BCUT2D eigenvalue weighted by molar-refractivity contribution is 6.31. The number of amides is 1. The lowest BCUT2D eigenvalue weighted by Crippen LogP contribution is -2.36. The molecule has 128 valence electrons. The molecule has 1 aliphatic heterocycles. The number of hydrogen-bond acceptors (Lipinski definition) is 4. The molecule has 0 aliphatic carbocycles. The second-order valence-electron chi connectivity index (χ2n) is 6.20. The molecule has 0 saturated carbocycles. The molecule has 2 aromatic rings. The van der Waals surface area contributed by atoms with Crippen molar-refractivity contribution in [2.75, 3.05) is 18.4 Å². The van der Waals surface area contributed by atoms with Crippen LogP contribution in [0.2, 0.25) is 5.02 Å². The number of nitrogens with zero attached hydrogens (tertiary/aromatic N) is 2. The summed E-state index contributed by atoms with van der Waals surface area (Å²) in [5.41, 5.74) is 3.27. The first-order chi connectivity index (χ1) is 11.6. The van der Waals surface area contributed by atoms with Gasteiger partial charge in [0.25, 0.3) is 5.91 Å². The molecule has 24 heavy (non-hydrogen) atoms. The van der Waals surface area contributed by atoms with Gasteiger partial charge in [-0.1, -0.05) is 16.8 Å². The Morgan fingerprint density at radius 1 is 1.29 bits per heavy atom. The Bertz CT molecular complexity index is 716. The zero-order valence-corrected chi connectivity index (χ0v) is 14.8. The van der Waals surface area contributed by atoms with Gasteiger partial charge in [0, 0.05) is 35.9 Å². The molecule has 0 radical (unpaired) electrons. The van der Waals surface area contributed by atoms with Crippen LogP contribution >= 0.6 is 11.6 Å². The number of aromatic nitrogens is 1. The first-order valence-electron chi connectivity index (χ1n) is 8.30. The molecule has 0 bridgehead atoms. The number of carbonyl (C=O) groups excluding carboxylic acids is 1. The Hall–Kier alpha value is -2.01. The van der Waals surface area contributed by atoms with Gasteiger partial charge in [0.15, 0.2) is 0 Å². The molecule has 1 aromatic carbocycles. The summed E-state index contributed by atoms with van der Waals surface area (Å²) in [6.07, 6.45) is 3.34. The fourth-order valence-corrected chi connectivity index (χ4v) is 3.23. The summed E-state index contributed by atoms with van der Waals surface area (Å²) in [7, 11) is 0. The van der Waals surface area contributed by atoms with E-state index in [-0.39, 0.29) is 5.91 Å². The summed E-state index contributed by atoms with van der Waals surface area (Å²) < 4.78 is 5.19. The van der Waals surface area contributed by atoms with E-state index >= 15 is 0 Å². The third kappa shape index (κ3) is 3.56. The van der Waals surface area contributed by atoms with Crippen molar-refractivity contribution in [3.63, 3.8) is 0 Å². The Morgan fingerprint density at radius 2 is 2.04 bits per heavy atom. The summed E-state index contributed by atoms with van der Waals surface area (Å²) in [4.78, 5) is 14.8. The maximum absolute atomic E-state index is 12.8. The fraction of sp³-hybridized carbons (Fsp3) is 0.444. The van der Waals surface area contributed by atoms with Crippen LogP contribution in [0.5, 0.6) is 0 Å². The van der Waals surface area contributed by atoms with E-state index in [0.717, 1.165) is 48.6 Å². The third-order valence-corrected chi connectivity index (χ3v) is 4.73. The monoisotopic (exact) mass is 347 g/mol. The fourth-order valence-electron chi connectivity index (χ4n) is 3.05. The molecule has 3 rings (SSSR count). The Balaban J connectivity index is 1.81. The molecule has 1 N–H and O–H groups in total. The van der Waals surface area contributed by atoms with Gasteiger partial charge in [0.05, 0.1) is 11.3 Å². The van der Waals surface area contributed by atoms with Gasteiger partial charge in [0.1, 0.15) is 5.76 Å². The number of hydrogen-bond donors (Lipinski definition) is 1. The lowest BCUT2D eigenvalue weighted by molar-refractivity contribution is 0.0725. The van der Waals surface area contributed by atoms with Gasteiger partial charge in [-0.2, -0.15) is 0 Å². The molecular formula is C18H22ClN3O2. The predicted molar refractivity (Wildman–Crippen MR) is 94.5 cm³/mol. The molecule has 1 aromatic heterocycles. The van der Waals surface area contributed by atoms with Crippen molar-refractivity contribution in [3.8, 4) is 0 Å². The second-order valence-corrected chi connectivity index (χ2v) is 6.64. The SMILES string of the molecule is Cc1noc(C)c1CNc1cc(Cl)ccc1C(=O)N1CCCCC1.